The van der Waals surface area contributed by atoms with Gasteiger partial charge in [0.15, 0.2) is 0 Å². The van der Waals surface area contributed by atoms with Gasteiger partial charge in [-0.25, -0.2) is 19.3 Å². The Morgan fingerprint density at radius 2 is 1.63 bits per heavy atom. The van der Waals surface area contributed by atoms with Crippen LogP contribution in [0.2, 0.25) is 0 Å². The van der Waals surface area contributed by atoms with Gasteiger partial charge in [0.2, 0.25) is 0 Å². The fraction of sp³-hybridized carbons (Fsp3) is 0.261. The van der Waals surface area contributed by atoms with Crippen molar-refractivity contribution in [1.82, 2.24) is 15.0 Å². The lowest BCUT2D eigenvalue weighted by Gasteiger charge is -2.36. The number of aryl methyl sites for hydroxylation is 2. The number of piperazine rings is 1. The number of anilines is 2. The van der Waals surface area contributed by atoms with Crippen molar-refractivity contribution in [3.8, 4) is 11.1 Å². The summed E-state index contributed by atoms with van der Waals surface area (Å²) in [5.74, 6) is 2.53. The summed E-state index contributed by atoms with van der Waals surface area (Å²) in [6.07, 6.45) is 1.84. The van der Waals surface area contributed by atoms with E-state index in [9.17, 15) is 4.39 Å². The second-order valence-corrected chi connectivity index (χ2v) is 8.68. The van der Waals surface area contributed by atoms with Crippen molar-refractivity contribution in [3.05, 3.63) is 65.2 Å². The summed E-state index contributed by atoms with van der Waals surface area (Å²) in [6, 6.07) is 12.7. The van der Waals surface area contributed by atoms with E-state index in [0.29, 0.717) is 0 Å². The summed E-state index contributed by atoms with van der Waals surface area (Å²) in [6.45, 7) is 7.54. The minimum absolute atomic E-state index is 0.228. The zero-order chi connectivity index (χ0) is 20.7. The Kier molecular flexibility index (Phi) is 4.83. The van der Waals surface area contributed by atoms with Crippen molar-refractivity contribution in [2.24, 2.45) is 0 Å². The van der Waals surface area contributed by atoms with Crippen LogP contribution in [0.5, 0.6) is 0 Å². The van der Waals surface area contributed by atoms with Gasteiger partial charge in [-0.2, -0.15) is 0 Å². The molecule has 5 nitrogen and oxygen atoms in total. The van der Waals surface area contributed by atoms with Crippen LogP contribution in [0.4, 0.5) is 16.0 Å². The van der Waals surface area contributed by atoms with E-state index in [2.05, 4.69) is 27.8 Å². The lowest BCUT2D eigenvalue weighted by Crippen LogP contribution is -2.47. The highest BCUT2D eigenvalue weighted by Crippen LogP contribution is 2.42. The number of nitrogens with zero attached hydrogens (tertiary/aromatic N) is 5. The molecule has 0 amide bonds. The summed E-state index contributed by atoms with van der Waals surface area (Å²) < 4.78 is 13.5. The maximum absolute atomic E-state index is 13.5. The molecule has 0 radical (unpaired) electrons. The fourth-order valence-electron chi connectivity index (χ4n) is 4.08. The van der Waals surface area contributed by atoms with Crippen LogP contribution < -0.4 is 9.80 Å². The monoisotopic (exact) mass is 419 g/mol. The number of pyridine rings is 1. The smallest absolute Gasteiger partial charge is 0.141 e. The molecule has 3 aromatic heterocycles. The van der Waals surface area contributed by atoms with E-state index in [4.69, 9.17) is 9.97 Å². The quantitative estimate of drug-likeness (QED) is 0.476. The van der Waals surface area contributed by atoms with Crippen LogP contribution >= 0.6 is 11.3 Å². The van der Waals surface area contributed by atoms with Gasteiger partial charge in [-0.05, 0) is 43.7 Å². The Labute approximate surface area is 178 Å². The van der Waals surface area contributed by atoms with E-state index in [1.807, 2.05) is 37.4 Å². The predicted octanol–water partition coefficient (Wildman–Crippen LogP) is 4.84. The summed E-state index contributed by atoms with van der Waals surface area (Å²) in [4.78, 5) is 20.8. The van der Waals surface area contributed by atoms with Crippen LogP contribution in [0.3, 0.4) is 0 Å². The first-order valence-electron chi connectivity index (χ1n) is 10.0. The highest BCUT2D eigenvalue weighted by atomic mass is 32.1. The second kappa shape index (κ2) is 7.65. The highest BCUT2D eigenvalue weighted by molar-refractivity contribution is 7.19. The number of hydrogen-bond acceptors (Lipinski definition) is 6. The third-order valence-corrected chi connectivity index (χ3v) is 6.50. The fourth-order valence-corrected chi connectivity index (χ4v) is 5.16. The molecule has 4 heterocycles. The molecule has 30 heavy (non-hydrogen) atoms. The van der Waals surface area contributed by atoms with E-state index < -0.39 is 0 Å². The van der Waals surface area contributed by atoms with Gasteiger partial charge >= 0.3 is 0 Å². The van der Waals surface area contributed by atoms with Crippen LogP contribution in [0.25, 0.3) is 21.3 Å². The summed E-state index contributed by atoms with van der Waals surface area (Å²) in [5, 5.41) is 1.07. The van der Waals surface area contributed by atoms with Gasteiger partial charge in [0, 0.05) is 42.8 Å². The Bertz CT molecular complexity index is 1180. The molecule has 4 aromatic rings. The number of thiophene rings is 1. The number of fused-ring (bicyclic) bond motifs is 1. The van der Waals surface area contributed by atoms with Crippen molar-refractivity contribution < 1.29 is 4.39 Å². The highest BCUT2D eigenvalue weighted by Gasteiger charge is 2.25. The topological polar surface area (TPSA) is 45.2 Å². The molecule has 0 saturated carbocycles. The van der Waals surface area contributed by atoms with Crippen LogP contribution in [-0.2, 0) is 0 Å². The van der Waals surface area contributed by atoms with Crippen molar-refractivity contribution in [1.29, 1.82) is 0 Å². The molecular formula is C23H22FN5S. The zero-order valence-electron chi connectivity index (χ0n) is 17.0. The number of rotatable bonds is 3. The molecule has 0 bridgehead atoms. The molecule has 0 atom stereocenters. The van der Waals surface area contributed by atoms with Gasteiger partial charge in [-0.15, -0.1) is 11.3 Å². The van der Waals surface area contributed by atoms with E-state index >= 15 is 0 Å². The van der Waals surface area contributed by atoms with Gasteiger partial charge in [-0.1, -0.05) is 18.2 Å². The Morgan fingerprint density at radius 3 is 2.33 bits per heavy atom. The zero-order valence-corrected chi connectivity index (χ0v) is 17.8. The third-order valence-electron chi connectivity index (χ3n) is 5.51. The summed E-state index contributed by atoms with van der Waals surface area (Å²) in [7, 11) is 0. The number of benzene rings is 1. The average molecular weight is 420 g/mol. The first-order chi connectivity index (χ1) is 14.6. The lowest BCUT2D eigenvalue weighted by atomic mass is 10.0. The molecule has 1 fully saturated rings. The second-order valence-electron chi connectivity index (χ2n) is 7.48. The van der Waals surface area contributed by atoms with Crippen LogP contribution in [0, 0.1) is 19.7 Å². The maximum atomic E-state index is 13.5. The molecule has 1 aromatic carbocycles. The van der Waals surface area contributed by atoms with Crippen LogP contribution in [0.15, 0.2) is 48.7 Å². The van der Waals surface area contributed by atoms with E-state index in [1.54, 1.807) is 11.3 Å². The van der Waals surface area contributed by atoms with Gasteiger partial charge in [-0.3, -0.25) is 0 Å². The molecule has 0 aliphatic carbocycles. The largest absolute Gasteiger partial charge is 0.353 e. The van der Waals surface area contributed by atoms with E-state index in [1.165, 1.54) is 17.0 Å². The number of hydrogen-bond donors (Lipinski definition) is 0. The first-order valence-corrected chi connectivity index (χ1v) is 10.9. The molecule has 152 valence electrons. The minimum Gasteiger partial charge on any atom is -0.353 e. The normalized spacial score (nSPS) is 14.5. The summed E-state index contributed by atoms with van der Waals surface area (Å²) >= 11 is 1.68. The molecule has 0 spiro atoms. The molecule has 0 unspecified atom stereocenters. The maximum Gasteiger partial charge on any atom is 0.141 e. The van der Waals surface area contributed by atoms with Gasteiger partial charge < -0.3 is 9.80 Å². The van der Waals surface area contributed by atoms with Crippen molar-refractivity contribution in [2.45, 2.75) is 13.8 Å². The van der Waals surface area contributed by atoms with Crippen molar-refractivity contribution in [3.63, 3.8) is 0 Å². The molecule has 1 aliphatic rings. The Hall–Kier alpha value is -3.06. The lowest BCUT2D eigenvalue weighted by molar-refractivity contribution is 0.628. The van der Waals surface area contributed by atoms with E-state index in [-0.39, 0.29) is 5.82 Å². The van der Waals surface area contributed by atoms with Gasteiger partial charge in [0.25, 0.3) is 0 Å². The van der Waals surface area contributed by atoms with Crippen molar-refractivity contribution in [2.75, 3.05) is 36.0 Å². The summed E-state index contributed by atoms with van der Waals surface area (Å²) in [5.41, 5.74) is 2.11. The molecule has 5 rings (SSSR count). The van der Waals surface area contributed by atoms with Gasteiger partial charge in [0.05, 0.1) is 5.39 Å². The van der Waals surface area contributed by atoms with Gasteiger partial charge in [0.1, 0.15) is 28.1 Å². The predicted molar refractivity (Wildman–Crippen MR) is 121 cm³/mol. The number of aromatic nitrogens is 3. The minimum atomic E-state index is -0.228. The molecule has 1 saturated heterocycles. The Morgan fingerprint density at radius 1 is 0.900 bits per heavy atom. The van der Waals surface area contributed by atoms with Crippen LogP contribution in [0.1, 0.15) is 10.7 Å². The third kappa shape index (κ3) is 3.39. The standard InChI is InChI=1S/C23H22FN5S/c1-15-20(17-6-8-18(24)9-7-17)21-22(26-16(2)27-23(21)30-15)29-13-11-28(12-14-29)19-5-3-4-10-25-19/h3-10H,11-14H2,1-2H3. The first kappa shape index (κ1) is 18.9. The molecule has 7 heteroatoms. The SMILES string of the molecule is Cc1nc(N2CCN(c3ccccn3)CC2)c2c(-c3ccc(F)cc3)c(C)sc2n1. The average Bonchev–Trinajstić information content (AvgIpc) is 3.10. The molecule has 1 aliphatic heterocycles. The Balaban J connectivity index is 1.54. The van der Waals surface area contributed by atoms with Crippen molar-refractivity contribution >= 4 is 33.2 Å². The van der Waals surface area contributed by atoms with E-state index in [0.717, 1.165) is 65.0 Å². The molecule has 0 N–H and O–H groups in total. The molecular weight excluding hydrogens is 397 g/mol. The number of halogens is 1. The van der Waals surface area contributed by atoms with Crippen LogP contribution in [-0.4, -0.2) is 41.1 Å².